The lowest BCUT2D eigenvalue weighted by atomic mass is 9.65. The van der Waals surface area contributed by atoms with Crippen LogP contribution in [-0.2, 0) is 9.47 Å². The summed E-state index contributed by atoms with van der Waals surface area (Å²) >= 11 is 0. The minimum atomic E-state index is -4.30. The van der Waals surface area contributed by atoms with Gasteiger partial charge in [0, 0.05) is 61.9 Å². The van der Waals surface area contributed by atoms with Crippen molar-refractivity contribution in [2.45, 2.75) is 102 Å². The summed E-state index contributed by atoms with van der Waals surface area (Å²) in [6.45, 7) is 17.9. The molecule has 4 aromatic rings. The van der Waals surface area contributed by atoms with Gasteiger partial charge in [-0.05, 0) is 118 Å². The van der Waals surface area contributed by atoms with Gasteiger partial charge in [-0.25, -0.2) is 4.79 Å². The maximum Gasteiger partial charge on any atom is 0.410 e. The maximum absolute atomic E-state index is 14.2. The molecule has 310 valence electrons. The van der Waals surface area contributed by atoms with Crippen LogP contribution in [-0.4, -0.2) is 112 Å². The number of rotatable bonds is 8. The number of alkyl halides is 3. The number of amides is 1. The number of ether oxygens (including phenoxy) is 3. The molecule has 58 heavy (non-hydrogen) atoms. The summed E-state index contributed by atoms with van der Waals surface area (Å²) in [4.78, 5) is 29.8. The summed E-state index contributed by atoms with van der Waals surface area (Å²) in [5.74, 6) is -0.250. The zero-order valence-electron chi connectivity index (χ0n) is 34.0. The first-order valence-electron chi connectivity index (χ1n) is 20.9. The number of piperidine rings is 2. The van der Waals surface area contributed by atoms with Gasteiger partial charge in [-0.3, -0.25) is 10.00 Å². The minimum absolute atomic E-state index is 0.00280. The van der Waals surface area contributed by atoms with Crippen LogP contribution in [0.2, 0.25) is 0 Å². The Labute approximate surface area is 337 Å². The fraction of sp³-hybridized carbons (Fsp3) is 0.591. The Kier molecular flexibility index (Phi) is 9.89. The molecule has 5 aliphatic rings. The highest BCUT2D eigenvalue weighted by Crippen LogP contribution is 2.54. The van der Waals surface area contributed by atoms with Crippen LogP contribution in [0.4, 0.5) is 23.8 Å². The van der Waals surface area contributed by atoms with Gasteiger partial charge in [-0.2, -0.15) is 28.2 Å². The van der Waals surface area contributed by atoms with Gasteiger partial charge in [0.25, 0.3) is 0 Å². The highest BCUT2D eigenvalue weighted by Gasteiger charge is 2.49. The first-order chi connectivity index (χ1) is 27.7. The normalized spacial score (nSPS) is 23.2. The number of nitrogens with one attached hydrogen (secondary N) is 1. The molecule has 5 fully saturated rings. The fourth-order valence-electron chi connectivity index (χ4n) is 9.99. The molecule has 0 radical (unpaired) electrons. The van der Waals surface area contributed by atoms with E-state index in [1.807, 2.05) is 45.9 Å². The molecule has 0 bridgehead atoms. The molecule has 2 aromatic heterocycles. The highest BCUT2D eigenvalue weighted by molar-refractivity contribution is 6.05. The number of likely N-dealkylation sites (tertiary alicyclic amines) is 2. The van der Waals surface area contributed by atoms with Crippen molar-refractivity contribution in [3.05, 3.63) is 47.7 Å². The molecule has 2 aromatic carbocycles. The number of carbonyl (C=O) groups excluding carboxylic acids is 1. The number of aromatic nitrogens is 4. The molecule has 1 aliphatic carbocycles. The first-order valence-corrected chi connectivity index (χ1v) is 20.9. The second kappa shape index (κ2) is 14.7. The van der Waals surface area contributed by atoms with Crippen LogP contribution in [0.3, 0.4) is 0 Å². The number of aryl methyl sites for hydroxylation is 1. The Bertz CT molecular complexity index is 2210. The lowest BCUT2D eigenvalue weighted by Crippen LogP contribution is -2.62. The summed E-state index contributed by atoms with van der Waals surface area (Å²) in [5, 5.41) is 9.13. The van der Waals surface area contributed by atoms with Gasteiger partial charge >= 0.3 is 18.3 Å². The van der Waals surface area contributed by atoms with E-state index in [2.05, 4.69) is 32.6 Å². The van der Waals surface area contributed by atoms with Gasteiger partial charge in [0.05, 0.1) is 36.5 Å². The summed E-state index contributed by atoms with van der Waals surface area (Å²) in [6.07, 6.45) is 2.53. The molecule has 4 saturated heterocycles. The van der Waals surface area contributed by atoms with Crippen LogP contribution in [0.5, 0.6) is 6.01 Å². The average molecular weight is 802 g/mol. The lowest BCUT2D eigenvalue weighted by Gasteiger charge is -2.53. The van der Waals surface area contributed by atoms with Crippen molar-refractivity contribution < 1.29 is 32.2 Å². The smallest absolute Gasteiger partial charge is 0.410 e. The van der Waals surface area contributed by atoms with Crippen molar-refractivity contribution in [1.82, 2.24) is 30.0 Å². The van der Waals surface area contributed by atoms with Crippen molar-refractivity contribution >= 4 is 39.8 Å². The van der Waals surface area contributed by atoms with E-state index in [0.29, 0.717) is 50.6 Å². The molecular weight excluding hydrogens is 748 g/mol. The number of hydrogen-bond acceptors (Lipinski definition) is 9. The predicted octanol–water partition coefficient (Wildman–Crippen LogP) is 8.65. The van der Waals surface area contributed by atoms with Gasteiger partial charge in [-0.1, -0.05) is 18.7 Å². The van der Waals surface area contributed by atoms with Gasteiger partial charge in [0.15, 0.2) is 0 Å². The number of carbonyl (C=O) groups is 1. The third-order valence-electron chi connectivity index (χ3n) is 13.3. The van der Waals surface area contributed by atoms with Crippen molar-refractivity contribution in [3.63, 3.8) is 0 Å². The topological polar surface area (TPSA) is 109 Å². The molecule has 6 heterocycles. The van der Waals surface area contributed by atoms with Crippen molar-refractivity contribution in [1.29, 1.82) is 0 Å². The number of hydrogen-bond donors (Lipinski definition) is 1. The Hall–Kier alpha value is -4.43. The summed E-state index contributed by atoms with van der Waals surface area (Å²) in [6, 6.07) is 6.80. The van der Waals surface area contributed by atoms with E-state index in [1.54, 1.807) is 11.1 Å². The standard InChI is InChI=1S/C44H54F3N7O4/c1-6-27-19-32-38(37(31-9-8-28(31)20-44(45,46)47)36(27)35-26(2)7-10-34-33(35)21-48-51-34)49-40(57-30-11-15-52(16-12-30)29-22-56-23-29)50-39(32)53-17-13-43(14-18-53)24-54(25-43)41(55)58-42(3,4)5/h6-7,10,19,21,28-31H,1,8-9,11-18,20,22-25H2,2-5H3,(H,48,51). The minimum Gasteiger partial charge on any atom is -0.460 e. The summed E-state index contributed by atoms with van der Waals surface area (Å²) in [5.41, 5.74) is 5.31. The van der Waals surface area contributed by atoms with E-state index in [0.717, 1.165) is 102 Å². The van der Waals surface area contributed by atoms with Crippen molar-refractivity contribution in [2.75, 3.05) is 57.4 Å². The van der Waals surface area contributed by atoms with Crippen molar-refractivity contribution in [2.24, 2.45) is 11.3 Å². The molecule has 1 saturated carbocycles. The molecule has 9 rings (SSSR count). The molecule has 4 aliphatic heterocycles. The third kappa shape index (κ3) is 7.39. The second-order valence-electron chi connectivity index (χ2n) is 18.4. The van der Waals surface area contributed by atoms with E-state index in [4.69, 9.17) is 24.2 Å². The number of aromatic amines is 1. The first kappa shape index (κ1) is 39.1. The Balaban J connectivity index is 1.14. The van der Waals surface area contributed by atoms with Crippen LogP contribution in [0.15, 0.2) is 31.0 Å². The Morgan fingerprint density at radius 3 is 2.38 bits per heavy atom. The number of anilines is 1. The van der Waals surface area contributed by atoms with Gasteiger partial charge in [0.1, 0.15) is 17.5 Å². The SMILES string of the molecule is C=Cc1cc2c(N3CCC4(CC3)CN(C(=O)OC(C)(C)C)C4)nc(OC3CCN(C4COC4)CC3)nc2c(C2CCC2CC(F)(F)F)c1-c1c(C)ccc2[nH]ncc12. The number of benzene rings is 2. The third-order valence-corrected chi connectivity index (χ3v) is 13.3. The molecule has 11 nitrogen and oxygen atoms in total. The number of nitrogens with zero attached hydrogens (tertiary/aromatic N) is 6. The van der Waals surface area contributed by atoms with E-state index >= 15 is 0 Å². The monoisotopic (exact) mass is 801 g/mol. The lowest BCUT2D eigenvalue weighted by molar-refractivity contribution is -0.152. The quantitative estimate of drug-likeness (QED) is 0.187. The fourth-order valence-corrected chi connectivity index (χ4v) is 9.99. The van der Waals surface area contributed by atoms with E-state index in [9.17, 15) is 18.0 Å². The molecule has 1 N–H and O–H groups in total. The van der Waals surface area contributed by atoms with Crippen LogP contribution >= 0.6 is 0 Å². The molecule has 14 heteroatoms. The number of fused-ring (bicyclic) bond motifs is 2. The molecular formula is C44H54F3N7O4. The predicted molar refractivity (Wildman–Crippen MR) is 217 cm³/mol. The Morgan fingerprint density at radius 1 is 1.02 bits per heavy atom. The molecule has 1 amide bonds. The highest BCUT2D eigenvalue weighted by atomic mass is 19.4. The van der Waals surface area contributed by atoms with E-state index < -0.39 is 24.1 Å². The van der Waals surface area contributed by atoms with Crippen LogP contribution < -0.4 is 9.64 Å². The van der Waals surface area contributed by atoms with Crippen LogP contribution in [0.25, 0.3) is 39.0 Å². The van der Waals surface area contributed by atoms with Gasteiger partial charge in [-0.15, -0.1) is 0 Å². The summed E-state index contributed by atoms with van der Waals surface area (Å²) in [7, 11) is 0. The number of halogens is 3. The van der Waals surface area contributed by atoms with Crippen LogP contribution in [0, 0.1) is 18.3 Å². The van der Waals surface area contributed by atoms with Gasteiger partial charge in [0.2, 0.25) is 0 Å². The molecule has 1 spiro atoms. The molecule has 2 unspecified atom stereocenters. The molecule has 2 atom stereocenters. The largest absolute Gasteiger partial charge is 0.460 e. The van der Waals surface area contributed by atoms with E-state index in [1.165, 1.54) is 0 Å². The maximum atomic E-state index is 14.2. The number of H-pyrrole nitrogens is 1. The average Bonchev–Trinajstić information content (AvgIpc) is 3.60. The Morgan fingerprint density at radius 2 is 1.76 bits per heavy atom. The zero-order valence-corrected chi connectivity index (χ0v) is 34.0. The van der Waals surface area contributed by atoms with Crippen molar-refractivity contribution in [3.8, 4) is 17.1 Å². The second-order valence-corrected chi connectivity index (χ2v) is 18.4. The zero-order chi connectivity index (χ0) is 40.6. The van der Waals surface area contributed by atoms with Crippen LogP contribution in [0.1, 0.15) is 88.3 Å². The van der Waals surface area contributed by atoms with E-state index in [-0.39, 0.29) is 29.5 Å². The van der Waals surface area contributed by atoms with Gasteiger partial charge < -0.3 is 24.0 Å². The summed E-state index contributed by atoms with van der Waals surface area (Å²) < 4.78 is 60.4.